The molecular weight excluding hydrogens is 602 g/mol. The largest absolute Gasteiger partial charge is 0.460 e. The number of nitrogens with two attached hydrogens (primary N) is 1. The highest BCUT2D eigenvalue weighted by Crippen LogP contribution is 2.33. The maximum atomic E-state index is 14.2. The van der Waals surface area contributed by atoms with E-state index in [2.05, 4.69) is 10.2 Å². The summed E-state index contributed by atoms with van der Waals surface area (Å²) in [6.45, 7) is 12.4. The molecule has 2 aliphatic carbocycles. The van der Waals surface area contributed by atoms with Gasteiger partial charge in [-0.25, -0.2) is 4.79 Å². The summed E-state index contributed by atoms with van der Waals surface area (Å²) in [5, 5.41) is 4.22. The molecule has 46 heavy (non-hydrogen) atoms. The fraction of sp³-hybridized carbons (Fsp3) is 0.750. The highest BCUT2D eigenvalue weighted by molar-refractivity contribution is 6.30. The Balaban J connectivity index is 1.45. The van der Waals surface area contributed by atoms with Crippen LogP contribution in [0.3, 0.4) is 0 Å². The van der Waals surface area contributed by atoms with E-state index in [0.717, 1.165) is 31.2 Å². The van der Waals surface area contributed by atoms with Gasteiger partial charge in [-0.3, -0.25) is 14.9 Å². The molecule has 258 valence electrons. The number of amides is 3. The topological polar surface area (TPSA) is 108 Å². The van der Waals surface area contributed by atoms with Gasteiger partial charge in [0.25, 0.3) is 0 Å². The van der Waals surface area contributed by atoms with Crippen LogP contribution in [0.25, 0.3) is 0 Å². The second kappa shape index (κ2) is 16.2. The van der Waals surface area contributed by atoms with Crippen LogP contribution in [0.5, 0.6) is 0 Å². The number of likely N-dealkylation sites (tertiary alicyclic amines) is 1. The smallest absolute Gasteiger partial charge is 0.320 e. The lowest BCUT2D eigenvalue weighted by Crippen LogP contribution is -2.64. The average Bonchev–Trinajstić information content (AvgIpc) is 3.02. The molecule has 3 N–H and O–H groups in total. The molecule has 0 unspecified atom stereocenters. The molecule has 0 spiro atoms. The monoisotopic (exact) mass is 659 g/mol. The molecule has 1 aromatic rings. The van der Waals surface area contributed by atoms with Crippen molar-refractivity contribution in [1.82, 2.24) is 20.0 Å². The summed E-state index contributed by atoms with van der Waals surface area (Å²) in [5.41, 5.74) is 6.64. The predicted octanol–water partition coefficient (Wildman–Crippen LogP) is 6.12. The number of ether oxygens (including phenoxy) is 1. The van der Waals surface area contributed by atoms with Crippen molar-refractivity contribution in [2.24, 2.45) is 11.7 Å². The van der Waals surface area contributed by atoms with Gasteiger partial charge in [0.05, 0.1) is 17.6 Å². The molecule has 4 rings (SSSR count). The molecule has 0 radical (unpaired) electrons. The summed E-state index contributed by atoms with van der Waals surface area (Å²) in [4.78, 5) is 46.8. The van der Waals surface area contributed by atoms with Crippen molar-refractivity contribution < 1.29 is 19.1 Å². The Labute approximate surface area is 281 Å². The number of rotatable bonds is 10. The number of nitrogens with one attached hydrogen (secondary N) is 1. The summed E-state index contributed by atoms with van der Waals surface area (Å²) < 4.78 is 5.64. The second-order valence-corrected chi connectivity index (χ2v) is 15.1. The van der Waals surface area contributed by atoms with Crippen molar-refractivity contribution in [2.75, 3.05) is 26.2 Å². The van der Waals surface area contributed by atoms with Gasteiger partial charge >= 0.3 is 12.0 Å². The number of carbonyl (C=O) groups is 3. The molecule has 3 aliphatic rings. The summed E-state index contributed by atoms with van der Waals surface area (Å²) >= 11 is 6.17. The lowest BCUT2D eigenvalue weighted by Gasteiger charge is -2.46. The Bertz CT molecular complexity index is 1150. The van der Waals surface area contributed by atoms with Crippen LogP contribution in [0.4, 0.5) is 4.79 Å². The summed E-state index contributed by atoms with van der Waals surface area (Å²) in [6, 6.07) is 7.65. The normalized spacial score (nSPS) is 23.9. The number of urea groups is 1. The van der Waals surface area contributed by atoms with Crippen LogP contribution >= 0.6 is 11.6 Å². The number of halogens is 1. The summed E-state index contributed by atoms with van der Waals surface area (Å²) in [7, 11) is 0. The Hall–Kier alpha value is -2.36. The van der Waals surface area contributed by atoms with E-state index in [9.17, 15) is 14.4 Å². The third-order valence-electron chi connectivity index (χ3n) is 10.1. The van der Waals surface area contributed by atoms with Crippen molar-refractivity contribution in [3.8, 4) is 0 Å². The lowest BCUT2D eigenvalue weighted by atomic mass is 9.81. The Morgan fingerprint density at radius 3 is 2.07 bits per heavy atom. The Morgan fingerprint density at radius 2 is 1.52 bits per heavy atom. The van der Waals surface area contributed by atoms with E-state index in [1.165, 1.54) is 19.3 Å². The zero-order chi connectivity index (χ0) is 33.5. The quantitative estimate of drug-likeness (QED) is 0.232. The standard InChI is InChI=1S/C36H58ClN5O4/c1-6-40(7-2)34(45)42(29-11-9-8-10-12-29)30-19-23-41(24-20-30)32(43)31(25-26-13-15-28(37)16-14-26)39-36(38)21-17-27(18-22-36)33(44)46-35(3,4)5/h13-16,27,29-31,39H,6-12,17-25,38H2,1-5H3/t27?,31-,36?/m1/s1. The summed E-state index contributed by atoms with van der Waals surface area (Å²) in [5.74, 6) is -0.326. The fourth-order valence-corrected chi connectivity index (χ4v) is 7.64. The Kier molecular flexibility index (Phi) is 12.8. The fourth-order valence-electron chi connectivity index (χ4n) is 7.51. The highest BCUT2D eigenvalue weighted by Gasteiger charge is 2.41. The minimum atomic E-state index is -0.766. The number of piperidine rings is 1. The third-order valence-corrected chi connectivity index (χ3v) is 10.4. The summed E-state index contributed by atoms with van der Waals surface area (Å²) in [6.07, 6.45) is 10.1. The first kappa shape index (κ1) is 36.5. The average molecular weight is 660 g/mol. The maximum absolute atomic E-state index is 14.2. The molecular formula is C36H58ClN5O4. The van der Waals surface area contributed by atoms with E-state index < -0.39 is 17.3 Å². The molecule has 10 heteroatoms. The molecule has 0 aromatic heterocycles. The van der Waals surface area contributed by atoms with Gasteiger partial charge in [0.2, 0.25) is 5.91 Å². The van der Waals surface area contributed by atoms with E-state index in [4.69, 9.17) is 22.1 Å². The van der Waals surface area contributed by atoms with Crippen molar-refractivity contribution in [1.29, 1.82) is 0 Å². The van der Waals surface area contributed by atoms with Crippen LogP contribution in [0, 0.1) is 5.92 Å². The van der Waals surface area contributed by atoms with Crippen LogP contribution in [-0.4, -0.2) is 88.2 Å². The number of hydrogen-bond acceptors (Lipinski definition) is 6. The molecule has 1 aromatic carbocycles. The van der Waals surface area contributed by atoms with Crippen LogP contribution in [0.2, 0.25) is 5.02 Å². The number of esters is 1. The molecule has 1 atom stereocenters. The van der Waals surface area contributed by atoms with E-state index in [1.54, 1.807) is 0 Å². The lowest BCUT2D eigenvalue weighted by molar-refractivity contribution is -0.161. The Morgan fingerprint density at radius 1 is 0.957 bits per heavy atom. The van der Waals surface area contributed by atoms with E-state index >= 15 is 0 Å². The van der Waals surface area contributed by atoms with Crippen LogP contribution in [-0.2, 0) is 20.7 Å². The number of nitrogens with zero attached hydrogens (tertiary/aromatic N) is 3. The maximum Gasteiger partial charge on any atom is 0.320 e. The van der Waals surface area contributed by atoms with Gasteiger partial charge in [0, 0.05) is 43.3 Å². The van der Waals surface area contributed by atoms with Crippen molar-refractivity contribution in [3.63, 3.8) is 0 Å². The van der Waals surface area contributed by atoms with Crippen molar-refractivity contribution >= 4 is 29.5 Å². The molecule has 3 fully saturated rings. The first-order valence-electron chi connectivity index (χ1n) is 17.7. The highest BCUT2D eigenvalue weighted by atomic mass is 35.5. The minimum Gasteiger partial charge on any atom is -0.460 e. The molecule has 1 saturated heterocycles. The van der Waals surface area contributed by atoms with Gasteiger partial charge < -0.3 is 25.2 Å². The second-order valence-electron chi connectivity index (χ2n) is 14.7. The van der Waals surface area contributed by atoms with Crippen LogP contribution < -0.4 is 11.1 Å². The third kappa shape index (κ3) is 9.83. The zero-order valence-electron chi connectivity index (χ0n) is 28.9. The molecule has 2 saturated carbocycles. The van der Waals surface area contributed by atoms with E-state index in [-0.39, 0.29) is 35.9 Å². The SMILES string of the molecule is CCN(CC)C(=O)N(C1CCCCC1)C1CCN(C(=O)[C@@H](Cc2ccc(Cl)cc2)NC2(N)CCC(C(=O)OC(C)(C)C)CC2)CC1. The van der Waals surface area contributed by atoms with Gasteiger partial charge in [0.1, 0.15) is 5.60 Å². The van der Waals surface area contributed by atoms with Gasteiger partial charge in [-0.15, -0.1) is 0 Å². The number of benzene rings is 1. The van der Waals surface area contributed by atoms with Gasteiger partial charge in [0.15, 0.2) is 0 Å². The van der Waals surface area contributed by atoms with Crippen LogP contribution in [0.15, 0.2) is 24.3 Å². The molecule has 1 heterocycles. The molecule has 1 aliphatic heterocycles. The molecule has 3 amide bonds. The zero-order valence-corrected chi connectivity index (χ0v) is 29.6. The van der Waals surface area contributed by atoms with Crippen molar-refractivity contribution in [3.05, 3.63) is 34.9 Å². The van der Waals surface area contributed by atoms with Gasteiger partial charge in [-0.2, -0.15) is 0 Å². The molecule has 9 nitrogen and oxygen atoms in total. The first-order valence-corrected chi connectivity index (χ1v) is 18.1. The molecule has 0 bridgehead atoms. The van der Waals surface area contributed by atoms with Crippen molar-refractivity contribution in [2.45, 2.75) is 141 Å². The predicted molar refractivity (Wildman–Crippen MR) is 183 cm³/mol. The van der Waals surface area contributed by atoms with E-state index in [0.29, 0.717) is 63.3 Å². The minimum absolute atomic E-state index is 0.0341. The number of hydrogen-bond donors (Lipinski definition) is 2. The van der Waals surface area contributed by atoms with Gasteiger partial charge in [-0.1, -0.05) is 43.0 Å². The first-order chi connectivity index (χ1) is 21.8. The van der Waals surface area contributed by atoms with E-state index in [1.807, 2.05) is 68.7 Å². The number of carbonyl (C=O) groups excluding carboxylic acids is 3. The van der Waals surface area contributed by atoms with Crippen LogP contribution in [0.1, 0.15) is 111 Å². The van der Waals surface area contributed by atoms with Gasteiger partial charge in [-0.05, 0) is 110 Å².